The highest BCUT2D eigenvalue weighted by Crippen LogP contribution is 2.41. The lowest BCUT2D eigenvalue weighted by atomic mass is 9.92. The van der Waals surface area contributed by atoms with E-state index in [4.69, 9.17) is 4.74 Å². The number of hydrogen-bond acceptors (Lipinski definition) is 4. The first kappa shape index (κ1) is 23.1. The van der Waals surface area contributed by atoms with Crippen LogP contribution in [0.25, 0.3) is 5.76 Å². The summed E-state index contributed by atoms with van der Waals surface area (Å²) in [5.41, 5.74) is 3.74. The lowest BCUT2D eigenvalue weighted by Crippen LogP contribution is -2.30. The lowest BCUT2D eigenvalue weighted by molar-refractivity contribution is -0.139. The summed E-state index contributed by atoms with van der Waals surface area (Å²) in [6.45, 7) is 8.85. The Balaban J connectivity index is 1.79. The third kappa shape index (κ3) is 4.41. The number of unbranched alkanes of at least 4 members (excludes halogenated alkanes) is 2. The fourth-order valence-corrected chi connectivity index (χ4v) is 4.78. The van der Waals surface area contributed by atoms with Crippen LogP contribution in [0.15, 0.2) is 48.0 Å². The molecule has 1 N–H and O–H groups in total. The first-order valence-corrected chi connectivity index (χ1v) is 12.0. The molecule has 1 saturated heterocycles. The van der Waals surface area contributed by atoms with Gasteiger partial charge in [-0.05, 0) is 54.2 Å². The van der Waals surface area contributed by atoms with Crippen molar-refractivity contribution in [3.63, 3.8) is 0 Å². The van der Waals surface area contributed by atoms with E-state index in [1.165, 1.54) is 5.56 Å². The quantitative estimate of drug-likeness (QED) is 0.254. The van der Waals surface area contributed by atoms with Gasteiger partial charge in [0.25, 0.3) is 11.7 Å². The van der Waals surface area contributed by atoms with Crippen LogP contribution in [0.2, 0.25) is 0 Å². The number of benzene rings is 2. The summed E-state index contributed by atoms with van der Waals surface area (Å²) >= 11 is 0. The predicted octanol–water partition coefficient (Wildman–Crippen LogP) is 5.75. The van der Waals surface area contributed by atoms with Crippen molar-refractivity contribution in [3.8, 4) is 5.75 Å². The molecule has 2 aliphatic rings. The fraction of sp³-hybridized carbons (Fsp3) is 0.429. The van der Waals surface area contributed by atoms with Gasteiger partial charge < -0.3 is 14.7 Å². The third-order valence-electron chi connectivity index (χ3n) is 6.63. The van der Waals surface area contributed by atoms with Crippen molar-refractivity contribution in [2.45, 2.75) is 71.4 Å². The lowest BCUT2D eigenvalue weighted by Gasteiger charge is -2.25. The van der Waals surface area contributed by atoms with E-state index in [-0.39, 0.29) is 17.4 Å². The van der Waals surface area contributed by atoms with Crippen molar-refractivity contribution in [2.75, 3.05) is 6.54 Å². The average Bonchev–Trinajstić information content (AvgIpc) is 3.29. The van der Waals surface area contributed by atoms with E-state index in [2.05, 4.69) is 20.8 Å². The van der Waals surface area contributed by atoms with Gasteiger partial charge in [-0.2, -0.15) is 0 Å². The number of ketones is 1. The zero-order valence-electron chi connectivity index (χ0n) is 19.9. The highest BCUT2D eigenvalue weighted by atomic mass is 16.5. The average molecular weight is 448 g/mol. The van der Waals surface area contributed by atoms with Crippen LogP contribution in [0, 0.1) is 0 Å². The van der Waals surface area contributed by atoms with Gasteiger partial charge in [-0.15, -0.1) is 0 Å². The Labute approximate surface area is 196 Å². The number of aliphatic hydroxyl groups is 1. The molecule has 2 aromatic carbocycles. The summed E-state index contributed by atoms with van der Waals surface area (Å²) in [4.78, 5) is 27.9. The summed E-state index contributed by atoms with van der Waals surface area (Å²) < 4.78 is 5.77. The van der Waals surface area contributed by atoms with Crippen LogP contribution in [0.3, 0.4) is 0 Å². The van der Waals surface area contributed by atoms with Crippen LogP contribution in [-0.2, 0) is 16.0 Å². The summed E-state index contributed by atoms with van der Waals surface area (Å²) in [5.74, 6) is -0.0896. The summed E-state index contributed by atoms with van der Waals surface area (Å²) in [5, 5.41) is 11.3. The van der Waals surface area contributed by atoms with Crippen molar-refractivity contribution in [3.05, 3.63) is 70.3 Å². The Morgan fingerprint density at radius 3 is 2.52 bits per heavy atom. The number of fused-ring (bicyclic) bond motifs is 1. The second-order valence-electron chi connectivity index (χ2n) is 9.48. The molecule has 2 aliphatic heterocycles. The monoisotopic (exact) mass is 447 g/mol. The Morgan fingerprint density at radius 2 is 1.85 bits per heavy atom. The van der Waals surface area contributed by atoms with Crippen LogP contribution in [0.5, 0.6) is 5.75 Å². The molecule has 5 nitrogen and oxygen atoms in total. The minimum atomic E-state index is -0.618. The van der Waals surface area contributed by atoms with E-state index >= 15 is 0 Å². The molecule has 2 atom stereocenters. The number of hydrogen-bond donors (Lipinski definition) is 1. The van der Waals surface area contributed by atoms with Crippen LogP contribution in [0.1, 0.15) is 81.2 Å². The van der Waals surface area contributed by atoms with Crippen molar-refractivity contribution in [1.82, 2.24) is 4.90 Å². The zero-order chi connectivity index (χ0) is 23.7. The molecule has 0 spiro atoms. The molecule has 0 bridgehead atoms. The Bertz CT molecular complexity index is 1080. The third-order valence-corrected chi connectivity index (χ3v) is 6.63. The zero-order valence-corrected chi connectivity index (χ0v) is 19.9. The van der Waals surface area contributed by atoms with Gasteiger partial charge in [0.05, 0.1) is 11.6 Å². The van der Waals surface area contributed by atoms with E-state index in [0.29, 0.717) is 18.0 Å². The number of amides is 1. The molecule has 33 heavy (non-hydrogen) atoms. The number of nitrogens with zero attached hydrogens (tertiary/aromatic N) is 1. The number of carbonyl (C=O) groups is 2. The Morgan fingerprint density at radius 1 is 1.12 bits per heavy atom. The molecule has 0 radical (unpaired) electrons. The number of aliphatic hydroxyl groups excluding tert-OH is 1. The van der Waals surface area contributed by atoms with Crippen molar-refractivity contribution in [2.24, 2.45) is 0 Å². The van der Waals surface area contributed by atoms with Crippen molar-refractivity contribution in [1.29, 1.82) is 0 Å². The molecule has 2 aromatic rings. The molecule has 1 fully saturated rings. The van der Waals surface area contributed by atoms with Gasteiger partial charge in [-0.1, -0.05) is 57.9 Å². The van der Waals surface area contributed by atoms with Gasteiger partial charge in [0.2, 0.25) is 0 Å². The van der Waals surface area contributed by atoms with Gasteiger partial charge in [0.1, 0.15) is 17.6 Å². The van der Waals surface area contributed by atoms with E-state index in [1.54, 1.807) is 11.0 Å². The minimum absolute atomic E-state index is 0.0843. The van der Waals surface area contributed by atoms with Crippen LogP contribution in [-0.4, -0.2) is 34.3 Å². The smallest absolute Gasteiger partial charge is 0.295 e. The highest BCUT2D eigenvalue weighted by molar-refractivity contribution is 6.46. The van der Waals surface area contributed by atoms with E-state index in [1.807, 2.05) is 43.3 Å². The molecule has 1 amide bonds. The molecule has 0 aliphatic carbocycles. The SMILES string of the molecule is CCCCCN1C(=O)C(=O)/C(=C(\O)c2ccc3c(c2)CC(C)O3)C1c1ccc(C(C)C)cc1. The topological polar surface area (TPSA) is 66.8 Å². The first-order valence-electron chi connectivity index (χ1n) is 12.0. The summed E-state index contributed by atoms with van der Waals surface area (Å²) in [7, 11) is 0. The molecule has 0 saturated carbocycles. The number of likely N-dealkylation sites (tertiary alicyclic amines) is 1. The number of ether oxygens (including phenoxy) is 1. The highest BCUT2D eigenvalue weighted by Gasteiger charge is 2.45. The molecular weight excluding hydrogens is 414 g/mol. The normalized spacial score (nSPS) is 21.5. The molecule has 2 unspecified atom stereocenters. The summed E-state index contributed by atoms with van der Waals surface area (Å²) in [6, 6.07) is 12.9. The van der Waals surface area contributed by atoms with Gasteiger partial charge in [0.15, 0.2) is 0 Å². The van der Waals surface area contributed by atoms with E-state index in [9.17, 15) is 14.7 Å². The molecule has 2 heterocycles. The number of Topliss-reactive ketones (excluding diaryl/α,β-unsaturated/α-hetero) is 1. The molecule has 0 aromatic heterocycles. The largest absolute Gasteiger partial charge is 0.507 e. The van der Waals surface area contributed by atoms with Gasteiger partial charge in [-0.25, -0.2) is 0 Å². The molecule has 4 rings (SSSR count). The van der Waals surface area contributed by atoms with E-state index < -0.39 is 17.7 Å². The predicted molar refractivity (Wildman–Crippen MR) is 129 cm³/mol. The second-order valence-corrected chi connectivity index (χ2v) is 9.48. The van der Waals surface area contributed by atoms with Crippen molar-refractivity contribution < 1.29 is 19.4 Å². The van der Waals surface area contributed by atoms with Crippen LogP contribution >= 0.6 is 0 Å². The maximum absolute atomic E-state index is 13.2. The maximum Gasteiger partial charge on any atom is 0.295 e. The van der Waals surface area contributed by atoms with Crippen LogP contribution < -0.4 is 4.74 Å². The standard InChI is InChI=1S/C28H33NO4/c1-5-6-7-14-29-25(20-10-8-19(9-11-20)17(2)3)24(27(31)28(29)32)26(30)21-12-13-23-22(16-21)15-18(4)33-23/h8-13,16-18,25,30H,5-7,14-15H2,1-4H3/b26-24-. The molecular formula is C28H33NO4. The van der Waals surface area contributed by atoms with Gasteiger partial charge in [0, 0.05) is 18.5 Å². The van der Waals surface area contributed by atoms with Crippen LogP contribution in [0.4, 0.5) is 0 Å². The maximum atomic E-state index is 13.2. The van der Waals surface area contributed by atoms with Crippen molar-refractivity contribution >= 4 is 17.4 Å². The Kier molecular flexibility index (Phi) is 6.59. The fourth-order valence-electron chi connectivity index (χ4n) is 4.78. The number of carbonyl (C=O) groups excluding carboxylic acids is 2. The van der Waals surface area contributed by atoms with Gasteiger partial charge in [-0.3, -0.25) is 9.59 Å². The number of rotatable bonds is 7. The van der Waals surface area contributed by atoms with Gasteiger partial charge >= 0.3 is 0 Å². The molecule has 5 heteroatoms. The first-order chi connectivity index (χ1) is 15.8. The summed E-state index contributed by atoms with van der Waals surface area (Å²) in [6.07, 6.45) is 3.65. The second kappa shape index (κ2) is 9.42. The minimum Gasteiger partial charge on any atom is -0.507 e. The van der Waals surface area contributed by atoms with E-state index in [0.717, 1.165) is 42.6 Å². The molecule has 174 valence electrons. The Hall–Kier alpha value is -3.08.